The minimum Gasteiger partial charge on any atom is -0.330 e. The lowest BCUT2D eigenvalue weighted by Crippen LogP contribution is -2.45. The van der Waals surface area contributed by atoms with E-state index in [2.05, 4.69) is 9.97 Å². The van der Waals surface area contributed by atoms with Crippen LogP contribution in [0.1, 0.15) is 18.4 Å². The highest BCUT2D eigenvalue weighted by Crippen LogP contribution is 2.21. The number of nitrogens with one attached hydrogen (secondary N) is 1. The molecule has 2 amide bonds. The second-order valence-corrected chi connectivity index (χ2v) is 5.72. The van der Waals surface area contributed by atoms with Crippen molar-refractivity contribution in [3.05, 3.63) is 48.5 Å². The maximum atomic E-state index is 12.4. The van der Waals surface area contributed by atoms with Gasteiger partial charge < -0.3 is 4.90 Å². The molecule has 24 heavy (non-hydrogen) atoms. The van der Waals surface area contributed by atoms with Gasteiger partial charge in [0, 0.05) is 24.5 Å². The first kappa shape index (κ1) is 16.1. The zero-order valence-corrected chi connectivity index (χ0v) is 13.1. The van der Waals surface area contributed by atoms with Crippen LogP contribution in [0.15, 0.2) is 43.0 Å². The van der Waals surface area contributed by atoms with Crippen molar-refractivity contribution in [1.29, 1.82) is 0 Å². The van der Waals surface area contributed by atoms with E-state index in [0.717, 1.165) is 23.1 Å². The van der Waals surface area contributed by atoms with E-state index in [-0.39, 0.29) is 12.3 Å². The van der Waals surface area contributed by atoms with E-state index in [1.165, 1.54) is 11.2 Å². The largest absolute Gasteiger partial charge is 0.330 e. The summed E-state index contributed by atoms with van der Waals surface area (Å²) in [6.45, 7) is 0.538. The van der Waals surface area contributed by atoms with Crippen LogP contribution in [-0.2, 0) is 16.0 Å². The van der Waals surface area contributed by atoms with Crippen molar-refractivity contribution in [3.63, 3.8) is 0 Å². The minimum absolute atomic E-state index is 0.114. The van der Waals surface area contributed by atoms with Crippen LogP contribution in [0, 0.1) is 0 Å². The summed E-state index contributed by atoms with van der Waals surface area (Å²) < 4.78 is 0. The van der Waals surface area contributed by atoms with Crippen LogP contribution in [0.5, 0.6) is 0 Å². The molecule has 0 aliphatic carbocycles. The number of hydroxylamine groups is 1. The first-order valence-electron chi connectivity index (χ1n) is 7.77. The van der Waals surface area contributed by atoms with Crippen molar-refractivity contribution in [3.8, 4) is 11.1 Å². The zero-order chi connectivity index (χ0) is 16.9. The molecule has 2 aromatic rings. The number of benzene rings is 1. The van der Waals surface area contributed by atoms with Gasteiger partial charge in [-0.05, 0) is 24.0 Å². The summed E-state index contributed by atoms with van der Waals surface area (Å²) in [5, 5.41) is 8.78. The normalized spacial score (nSPS) is 16.9. The van der Waals surface area contributed by atoms with Crippen LogP contribution in [0.4, 0.5) is 0 Å². The van der Waals surface area contributed by atoms with Gasteiger partial charge in [-0.15, -0.1) is 0 Å². The molecule has 0 bridgehead atoms. The van der Waals surface area contributed by atoms with Crippen LogP contribution < -0.4 is 5.48 Å². The number of amides is 2. The van der Waals surface area contributed by atoms with Gasteiger partial charge in [-0.25, -0.2) is 15.4 Å². The standard InChI is InChI=1S/C17H18N4O3/c22-16(21-7-1-2-15(21)17(23)20-24)8-12-3-5-13(6-4-12)14-9-18-11-19-10-14/h3-6,9-11,15,24H,1-2,7-8H2,(H,20,23). The summed E-state index contributed by atoms with van der Waals surface area (Å²) in [5.74, 6) is -0.642. The lowest BCUT2D eigenvalue weighted by Gasteiger charge is -2.23. The fourth-order valence-corrected chi connectivity index (χ4v) is 2.95. The third-order valence-corrected chi connectivity index (χ3v) is 4.19. The minimum atomic E-state index is -0.580. The van der Waals surface area contributed by atoms with Gasteiger partial charge in [-0.3, -0.25) is 14.8 Å². The van der Waals surface area contributed by atoms with E-state index in [0.29, 0.717) is 13.0 Å². The Morgan fingerprint density at radius 2 is 1.88 bits per heavy atom. The predicted molar refractivity (Wildman–Crippen MR) is 85.8 cm³/mol. The van der Waals surface area contributed by atoms with Gasteiger partial charge in [0.2, 0.25) is 5.91 Å². The van der Waals surface area contributed by atoms with Gasteiger partial charge >= 0.3 is 0 Å². The molecule has 2 heterocycles. The van der Waals surface area contributed by atoms with E-state index >= 15 is 0 Å². The SMILES string of the molecule is O=C(NO)C1CCCN1C(=O)Cc1ccc(-c2cncnc2)cc1. The van der Waals surface area contributed by atoms with E-state index in [1.54, 1.807) is 17.9 Å². The Hall–Kier alpha value is -2.80. The third kappa shape index (κ3) is 3.41. The molecule has 3 rings (SSSR count). The number of rotatable bonds is 4. The van der Waals surface area contributed by atoms with Crippen molar-refractivity contribution >= 4 is 11.8 Å². The zero-order valence-electron chi connectivity index (χ0n) is 13.1. The summed E-state index contributed by atoms with van der Waals surface area (Å²) in [7, 11) is 0. The van der Waals surface area contributed by atoms with Crippen molar-refractivity contribution in [2.45, 2.75) is 25.3 Å². The highest BCUT2D eigenvalue weighted by atomic mass is 16.5. The Kier molecular flexibility index (Phi) is 4.81. The number of hydrogen-bond acceptors (Lipinski definition) is 5. The monoisotopic (exact) mass is 326 g/mol. The van der Waals surface area contributed by atoms with Crippen molar-refractivity contribution in [2.24, 2.45) is 0 Å². The smallest absolute Gasteiger partial charge is 0.266 e. The van der Waals surface area contributed by atoms with Crippen LogP contribution in [0.25, 0.3) is 11.1 Å². The molecular weight excluding hydrogens is 308 g/mol. The predicted octanol–water partition coefficient (Wildman–Crippen LogP) is 1.18. The van der Waals surface area contributed by atoms with Crippen LogP contribution in [0.2, 0.25) is 0 Å². The Labute approximate surface area is 139 Å². The highest BCUT2D eigenvalue weighted by Gasteiger charge is 2.33. The molecular formula is C17H18N4O3. The molecule has 1 atom stereocenters. The van der Waals surface area contributed by atoms with Gasteiger partial charge in [0.25, 0.3) is 5.91 Å². The maximum Gasteiger partial charge on any atom is 0.266 e. The van der Waals surface area contributed by atoms with Gasteiger partial charge in [0.15, 0.2) is 0 Å². The quantitative estimate of drug-likeness (QED) is 0.650. The molecule has 7 nitrogen and oxygen atoms in total. The van der Waals surface area contributed by atoms with Crippen LogP contribution in [0.3, 0.4) is 0 Å². The lowest BCUT2D eigenvalue weighted by molar-refractivity contribution is -0.142. The highest BCUT2D eigenvalue weighted by molar-refractivity contribution is 5.88. The molecule has 0 spiro atoms. The summed E-state index contributed by atoms with van der Waals surface area (Å²) in [6, 6.07) is 7.03. The number of hydrogen-bond donors (Lipinski definition) is 2. The second-order valence-electron chi connectivity index (χ2n) is 5.72. The Balaban J connectivity index is 1.67. The maximum absolute atomic E-state index is 12.4. The van der Waals surface area contributed by atoms with Crippen molar-refractivity contribution in [1.82, 2.24) is 20.3 Å². The molecule has 1 fully saturated rings. The van der Waals surface area contributed by atoms with E-state index < -0.39 is 11.9 Å². The molecule has 1 unspecified atom stereocenters. The molecule has 2 N–H and O–H groups in total. The molecule has 1 aromatic heterocycles. The molecule has 7 heteroatoms. The molecule has 1 aliphatic rings. The Morgan fingerprint density at radius 1 is 1.17 bits per heavy atom. The van der Waals surface area contributed by atoms with E-state index in [4.69, 9.17) is 5.21 Å². The van der Waals surface area contributed by atoms with E-state index in [1.807, 2.05) is 24.3 Å². The van der Waals surface area contributed by atoms with Gasteiger partial charge in [0.05, 0.1) is 6.42 Å². The molecule has 0 radical (unpaired) electrons. The molecule has 1 saturated heterocycles. The summed E-state index contributed by atoms with van der Waals surface area (Å²) >= 11 is 0. The molecule has 1 aliphatic heterocycles. The number of carbonyl (C=O) groups is 2. The topological polar surface area (TPSA) is 95.4 Å². The summed E-state index contributed by atoms with van der Waals surface area (Å²) in [4.78, 5) is 33.6. The fourth-order valence-electron chi connectivity index (χ4n) is 2.95. The summed E-state index contributed by atoms with van der Waals surface area (Å²) in [5.41, 5.74) is 4.40. The fraction of sp³-hybridized carbons (Fsp3) is 0.294. The number of aromatic nitrogens is 2. The number of carbonyl (C=O) groups excluding carboxylic acids is 2. The third-order valence-electron chi connectivity index (χ3n) is 4.19. The Bertz CT molecular complexity index is 718. The van der Waals surface area contributed by atoms with Gasteiger partial charge in [-0.1, -0.05) is 24.3 Å². The lowest BCUT2D eigenvalue weighted by atomic mass is 10.0. The van der Waals surface area contributed by atoms with Crippen LogP contribution in [-0.4, -0.2) is 44.5 Å². The number of likely N-dealkylation sites (tertiary alicyclic amines) is 1. The van der Waals surface area contributed by atoms with Gasteiger partial charge in [-0.2, -0.15) is 0 Å². The van der Waals surface area contributed by atoms with Gasteiger partial charge in [0.1, 0.15) is 12.4 Å². The molecule has 124 valence electrons. The average molecular weight is 326 g/mol. The molecule has 1 aromatic carbocycles. The van der Waals surface area contributed by atoms with Crippen LogP contribution >= 0.6 is 0 Å². The summed E-state index contributed by atoms with van der Waals surface area (Å²) in [6.07, 6.45) is 6.50. The second kappa shape index (κ2) is 7.18. The Morgan fingerprint density at radius 3 is 2.54 bits per heavy atom. The van der Waals surface area contributed by atoms with Crippen molar-refractivity contribution < 1.29 is 14.8 Å². The van der Waals surface area contributed by atoms with E-state index in [9.17, 15) is 9.59 Å². The average Bonchev–Trinajstić information content (AvgIpc) is 3.12. The van der Waals surface area contributed by atoms with Crippen molar-refractivity contribution in [2.75, 3.05) is 6.54 Å². The first-order chi connectivity index (χ1) is 11.7. The molecule has 0 saturated carbocycles. The number of nitrogens with zero attached hydrogens (tertiary/aromatic N) is 3. The first-order valence-corrected chi connectivity index (χ1v) is 7.77.